The van der Waals surface area contributed by atoms with E-state index in [0.29, 0.717) is 33.9 Å². The Balaban J connectivity index is 1.54. The topological polar surface area (TPSA) is 144 Å². The van der Waals surface area contributed by atoms with Crippen LogP contribution in [-0.4, -0.2) is 20.2 Å². The van der Waals surface area contributed by atoms with Crippen LogP contribution in [0.1, 0.15) is 20.7 Å². The average Bonchev–Trinajstić information content (AvgIpc) is 2.85. The Labute approximate surface area is 202 Å². The van der Waals surface area contributed by atoms with E-state index in [0.717, 1.165) is 0 Å². The summed E-state index contributed by atoms with van der Waals surface area (Å²) in [6.07, 6.45) is 0. The van der Waals surface area contributed by atoms with Gasteiger partial charge in [0.2, 0.25) is 9.84 Å². The predicted molar refractivity (Wildman–Crippen MR) is 136 cm³/mol. The van der Waals surface area contributed by atoms with Crippen molar-refractivity contribution in [2.75, 3.05) is 22.1 Å². The van der Waals surface area contributed by atoms with Crippen LogP contribution in [0.15, 0.2) is 107 Å². The third-order valence-electron chi connectivity index (χ3n) is 5.15. The normalized spacial score (nSPS) is 11.0. The van der Waals surface area contributed by atoms with E-state index in [-0.39, 0.29) is 9.79 Å². The minimum atomic E-state index is -3.93. The number of benzene rings is 4. The number of carbonyl (C=O) groups excluding carboxylic acids is 2. The molecule has 0 bridgehead atoms. The first kappa shape index (κ1) is 23.5. The lowest BCUT2D eigenvalue weighted by Crippen LogP contribution is -2.13. The number of carbonyl (C=O) groups is 2. The highest BCUT2D eigenvalue weighted by molar-refractivity contribution is 7.91. The Morgan fingerprint density at radius 1 is 0.571 bits per heavy atom. The van der Waals surface area contributed by atoms with Crippen LogP contribution < -0.4 is 22.1 Å². The van der Waals surface area contributed by atoms with Crippen molar-refractivity contribution in [3.8, 4) is 0 Å². The minimum Gasteiger partial charge on any atom is -0.399 e. The maximum Gasteiger partial charge on any atom is 0.255 e. The molecule has 4 aromatic carbocycles. The highest BCUT2D eigenvalue weighted by Gasteiger charge is 2.19. The quantitative estimate of drug-likeness (QED) is 0.301. The maximum absolute atomic E-state index is 13.3. The lowest BCUT2D eigenvalue weighted by atomic mass is 10.2. The van der Waals surface area contributed by atoms with E-state index in [4.69, 9.17) is 11.5 Å². The van der Waals surface area contributed by atoms with Crippen LogP contribution in [0, 0.1) is 0 Å². The van der Waals surface area contributed by atoms with Crippen molar-refractivity contribution in [3.63, 3.8) is 0 Å². The fraction of sp³-hybridized carbons (Fsp3) is 0. The minimum absolute atomic E-state index is 0.00498. The number of nitrogens with two attached hydrogens (primary N) is 2. The number of nitrogen functional groups attached to an aromatic ring is 2. The summed E-state index contributed by atoms with van der Waals surface area (Å²) < 4.78 is 26.5. The van der Waals surface area contributed by atoms with Crippen molar-refractivity contribution in [3.05, 3.63) is 108 Å². The summed E-state index contributed by atoms with van der Waals surface area (Å²) in [5, 5.41) is 5.38. The molecule has 0 aliphatic heterocycles. The van der Waals surface area contributed by atoms with Gasteiger partial charge >= 0.3 is 0 Å². The largest absolute Gasteiger partial charge is 0.399 e. The molecule has 8 nitrogen and oxygen atoms in total. The average molecular weight is 487 g/mol. The molecular formula is C26H22N4O4S. The van der Waals surface area contributed by atoms with E-state index in [1.807, 2.05) is 0 Å². The first-order valence-electron chi connectivity index (χ1n) is 10.5. The molecule has 0 aliphatic rings. The number of anilines is 4. The fourth-order valence-corrected chi connectivity index (χ4v) is 4.65. The van der Waals surface area contributed by atoms with Gasteiger partial charge in [-0.3, -0.25) is 9.59 Å². The van der Waals surface area contributed by atoms with Gasteiger partial charge in [-0.05, 0) is 84.9 Å². The molecule has 0 spiro atoms. The molecule has 176 valence electrons. The van der Waals surface area contributed by atoms with Gasteiger partial charge in [0.05, 0.1) is 9.79 Å². The molecule has 35 heavy (non-hydrogen) atoms. The van der Waals surface area contributed by atoms with Gasteiger partial charge in [0.1, 0.15) is 0 Å². The first-order chi connectivity index (χ1) is 16.7. The van der Waals surface area contributed by atoms with Gasteiger partial charge in [0.15, 0.2) is 0 Å². The standard InChI is InChI=1S/C26H22N4O4S/c27-19-11-7-17(8-12-19)25(31)29-21-3-1-5-23(15-21)35(33,34)24-6-2-4-22(16-24)30-26(32)18-9-13-20(28)14-10-18/h1-16H,27-28H2,(H,29,31)(H,30,32). The van der Waals surface area contributed by atoms with Crippen LogP contribution in [-0.2, 0) is 9.84 Å². The van der Waals surface area contributed by atoms with Crippen molar-refractivity contribution in [2.24, 2.45) is 0 Å². The number of rotatable bonds is 6. The molecule has 0 radical (unpaired) electrons. The summed E-state index contributed by atoms with van der Waals surface area (Å²) in [7, 11) is -3.93. The van der Waals surface area contributed by atoms with Gasteiger partial charge < -0.3 is 22.1 Å². The summed E-state index contributed by atoms with van der Waals surface area (Å²) in [5.74, 6) is -0.793. The summed E-state index contributed by atoms with van der Waals surface area (Å²) in [6, 6.07) is 24.6. The molecule has 2 amide bonds. The van der Waals surface area contributed by atoms with Gasteiger partial charge in [-0.15, -0.1) is 0 Å². The van der Waals surface area contributed by atoms with E-state index < -0.39 is 21.7 Å². The number of amides is 2. The van der Waals surface area contributed by atoms with Crippen LogP contribution in [0.2, 0.25) is 0 Å². The zero-order valence-electron chi connectivity index (χ0n) is 18.4. The van der Waals surface area contributed by atoms with Crippen LogP contribution in [0.4, 0.5) is 22.7 Å². The molecule has 9 heteroatoms. The van der Waals surface area contributed by atoms with Crippen molar-refractivity contribution in [1.82, 2.24) is 0 Å². The second-order valence-electron chi connectivity index (χ2n) is 7.71. The third kappa shape index (κ3) is 5.48. The molecule has 0 atom stereocenters. The number of nitrogens with one attached hydrogen (secondary N) is 2. The lowest BCUT2D eigenvalue weighted by Gasteiger charge is -2.11. The molecule has 0 saturated carbocycles. The molecule has 0 heterocycles. The van der Waals surface area contributed by atoms with Gasteiger partial charge in [0, 0.05) is 33.9 Å². The molecule has 0 fully saturated rings. The SMILES string of the molecule is Nc1ccc(C(=O)Nc2cccc(S(=O)(=O)c3cccc(NC(=O)c4ccc(N)cc4)c3)c2)cc1. The Bertz CT molecular complexity index is 1390. The number of hydrogen-bond acceptors (Lipinski definition) is 6. The number of sulfone groups is 1. The maximum atomic E-state index is 13.3. The Morgan fingerprint density at radius 2 is 0.943 bits per heavy atom. The summed E-state index contributed by atoms with van der Waals surface area (Å²) in [6.45, 7) is 0. The monoisotopic (exact) mass is 486 g/mol. The van der Waals surface area contributed by atoms with Crippen molar-refractivity contribution < 1.29 is 18.0 Å². The second kappa shape index (κ2) is 9.70. The summed E-state index contributed by atoms with van der Waals surface area (Å²) in [4.78, 5) is 25.0. The molecule has 0 aromatic heterocycles. The summed E-state index contributed by atoms with van der Waals surface area (Å²) >= 11 is 0. The van der Waals surface area contributed by atoms with Gasteiger partial charge in [-0.1, -0.05) is 12.1 Å². The molecule has 0 unspecified atom stereocenters. The zero-order valence-corrected chi connectivity index (χ0v) is 19.3. The molecule has 4 aromatic rings. The molecule has 0 saturated heterocycles. The van der Waals surface area contributed by atoms with E-state index in [9.17, 15) is 18.0 Å². The van der Waals surface area contributed by atoms with E-state index >= 15 is 0 Å². The van der Waals surface area contributed by atoms with Gasteiger partial charge in [0.25, 0.3) is 11.8 Å². The molecule has 4 rings (SSSR count). The van der Waals surface area contributed by atoms with Gasteiger partial charge in [-0.25, -0.2) is 8.42 Å². The molecule has 0 aliphatic carbocycles. The van der Waals surface area contributed by atoms with E-state index in [1.54, 1.807) is 60.7 Å². The molecule has 6 N–H and O–H groups in total. The van der Waals surface area contributed by atoms with Crippen molar-refractivity contribution >= 4 is 44.4 Å². The smallest absolute Gasteiger partial charge is 0.255 e. The molecular weight excluding hydrogens is 464 g/mol. The Morgan fingerprint density at radius 3 is 1.31 bits per heavy atom. The van der Waals surface area contributed by atoms with Crippen LogP contribution >= 0.6 is 0 Å². The fourth-order valence-electron chi connectivity index (χ4n) is 3.29. The first-order valence-corrected chi connectivity index (χ1v) is 12.0. The van der Waals surface area contributed by atoms with Crippen LogP contribution in [0.3, 0.4) is 0 Å². The lowest BCUT2D eigenvalue weighted by molar-refractivity contribution is 0.101. The highest BCUT2D eigenvalue weighted by atomic mass is 32.2. The third-order valence-corrected chi connectivity index (χ3v) is 6.90. The second-order valence-corrected chi connectivity index (χ2v) is 9.66. The van der Waals surface area contributed by atoms with E-state index in [2.05, 4.69) is 10.6 Å². The van der Waals surface area contributed by atoms with E-state index in [1.165, 1.54) is 36.4 Å². The Kier molecular flexibility index (Phi) is 6.52. The van der Waals surface area contributed by atoms with Crippen molar-refractivity contribution in [2.45, 2.75) is 9.79 Å². The van der Waals surface area contributed by atoms with Gasteiger partial charge in [-0.2, -0.15) is 0 Å². The summed E-state index contributed by atoms with van der Waals surface area (Å²) in [5.41, 5.74) is 13.8. The van der Waals surface area contributed by atoms with Crippen molar-refractivity contribution in [1.29, 1.82) is 0 Å². The van der Waals surface area contributed by atoms with Crippen LogP contribution in [0.25, 0.3) is 0 Å². The predicted octanol–water partition coefficient (Wildman–Crippen LogP) is 4.19. The highest BCUT2D eigenvalue weighted by Crippen LogP contribution is 2.26. The van der Waals surface area contributed by atoms with Crippen LogP contribution in [0.5, 0.6) is 0 Å². The number of hydrogen-bond donors (Lipinski definition) is 4. The Hall–Kier alpha value is -4.63. The zero-order chi connectivity index (χ0) is 25.0.